The van der Waals surface area contributed by atoms with Gasteiger partial charge in [0.2, 0.25) is 0 Å². The number of sulfone groups is 1. The van der Waals surface area contributed by atoms with E-state index in [1.807, 2.05) is 6.92 Å². The first-order chi connectivity index (χ1) is 10.7. The van der Waals surface area contributed by atoms with Gasteiger partial charge in [0.25, 0.3) is 0 Å². The monoisotopic (exact) mass is 331 g/mol. The normalized spacial score (nSPS) is 11.7. The Labute approximate surface area is 135 Å². The summed E-state index contributed by atoms with van der Waals surface area (Å²) in [6, 6.07) is 11.6. The van der Waals surface area contributed by atoms with E-state index in [0.29, 0.717) is 16.8 Å². The maximum atomic E-state index is 11.9. The van der Waals surface area contributed by atoms with Gasteiger partial charge in [-0.15, -0.1) is 0 Å². The molecule has 2 aromatic carbocycles. The number of rotatable bonds is 5. The average molecular weight is 331 g/mol. The molecule has 0 bridgehead atoms. The number of carbonyl (C=O) groups excluding carboxylic acids is 1. The molecule has 2 rings (SSSR count). The fourth-order valence-corrected chi connectivity index (χ4v) is 2.65. The Morgan fingerprint density at radius 1 is 1.22 bits per heavy atom. The molecule has 0 fully saturated rings. The van der Waals surface area contributed by atoms with E-state index in [0.717, 1.165) is 11.8 Å². The fraction of sp³-hybridized carbons (Fsp3) is 0.176. The number of nitrogens with zero attached hydrogens (tertiary/aromatic N) is 1. The first-order valence-corrected chi connectivity index (χ1v) is 8.95. The molecule has 0 amide bonds. The predicted octanol–water partition coefficient (Wildman–Crippen LogP) is 2.68. The van der Waals surface area contributed by atoms with Gasteiger partial charge in [-0.2, -0.15) is 0 Å². The van der Waals surface area contributed by atoms with Gasteiger partial charge in [-0.05, 0) is 31.2 Å². The molecule has 0 radical (unpaired) electrons. The molecule has 0 aliphatic rings. The summed E-state index contributed by atoms with van der Waals surface area (Å²) in [5.41, 5.74) is 2.35. The van der Waals surface area contributed by atoms with Crippen LogP contribution in [0.25, 0.3) is 0 Å². The Balaban J connectivity index is 2.25. The van der Waals surface area contributed by atoms with Crippen LogP contribution in [0.3, 0.4) is 0 Å². The number of phenolic OH excluding ortho intramolecular Hbond substituents is 1. The molecule has 0 aliphatic carbocycles. The second-order valence-corrected chi connectivity index (χ2v) is 7.50. The smallest absolute Gasteiger partial charge is 0.177 e. The average Bonchev–Trinajstić information content (AvgIpc) is 2.47. The standard InChI is InChI=1S/C17H17NO4S/c1-12-6-7-16(19)14(8-12)10-18-15-5-3-4-13(9-15)17(20)11-23(2,21)22/h3-10,19H,11H2,1-2H3. The molecule has 1 N–H and O–H groups in total. The van der Waals surface area contributed by atoms with E-state index in [1.54, 1.807) is 36.4 Å². The molecule has 0 saturated carbocycles. The molecular formula is C17H17NO4S. The van der Waals surface area contributed by atoms with Crippen LogP contribution in [0.2, 0.25) is 0 Å². The van der Waals surface area contributed by atoms with Crippen molar-refractivity contribution in [2.75, 3.05) is 12.0 Å². The largest absolute Gasteiger partial charge is 0.507 e. The number of aromatic hydroxyl groups is 1. The summed E-state index contributed by atoms with van der Waals surface area (Å²) in [5.74, 6) is -0.884. The lowest BCUT2D eigenvalue weighted by Gasteiger charge is -2.02. The van der Waals surface area contributed by atoms with Gasteiger partial charge in [0, 0.05) is 23.6 Å². The Bertz CT molecular complexity index is 870. The molecule has 5 nitrogen and oxygen atoms in total. The first kappa shape index (κ1) is 16.9. The Kier molecular flexibility index (Phi) is 4.95. The van der Waals surface area contributed by atoms with Gasteiger partial charge in [-0.25, -0.2) is 8.42 Å². The van der Waals surface area contributed by atoms with E-state index in [2.05, 4.69) is 4.99 Å². The van der Waals surface area contributed by atoms with Crippen molar-refractivity contribution in [3.63, 3.8) is 0 Å². The number of Topliss-reactive ketones (excluding diaryl/α,β-unsaturated/α-hetero) is 1. The highest BCUT2D eigenvalue weighted by atomic mass is 32.2. The molecule has 0 spiro atoms. The number of hydrogen-bond acceptors (Lipinski definition) is 5. The van der Waals surface area contributed by atoms with Crippen molar-refractivity contribution in [2.45, 2.75) is 6.92 Å². The number of carbonyl (C=O) groups is 1. The van der Waals surface area contributed by atoms with Crippen LogP contribution in [0.4, 0.5) is 5.69 Å². The first-order valence-electron chi connectivity index (χ1n) is 6.89. The zero-order valence-electron chi connectivity index (χ0n) is 12.9. The molecule has 0 atom stereocenters. The zero-order valence-corrected chi connectivity index (χ0v) is 13.7. The van der Waals surface area contributed by atoms with Gasteiger partial charge in [0.15, 0.2) is 15.6 Å². The third kappa shape index (κ3) is 5.03. The van der Waals surface area contributed by atoms with Gasteiger partial charge in [-0.3, -0.25) is 9.79 Å². The quantitative estimate of drug-likeness (QED) is 0.674. The van der Waals surface area contributed by atoms with E-state index in [4.69, 9.17) is 0 Å². The van der Waals surface area contributed by atoms with Gasteiger partial charge in [0.05, 0.1) is 5.69 Å². The molecule has 0 saturated heterocycles. The summed E-state index contributed by atoms with van der Waals surface area (Å²) in [6.45, 7) is 1.90. The lowest BCUT2D eigenvalue weighted by atomic mass is 10.1. The molecule has 0 heterocycles. The predicted molar refractivity (Wildman–Crippen MR) is 90.6 cm³/mol. The molecule has 0 aromatic heterocycles. The second kappa shape index (κ2) is 6.75. The summed E-state index contributed by atoms with van der Waals surface area (Å²) >= 11 is 0. The van der Waals surface area contributed by atoms with Crippen LogP contribution >= 0.6 is 0 Å². The summed E-state index contributed by atoms with van der Waals surface area (Å²) in [4.78, 5) is 16.1. The highest BCUT2D eigenvalue weighted by Crippen LogP contribution is 2.19. The van der Waals surface area contributed by atoms with E-state index in [1.165, 1.54) is 12.3 Å². The van der Waals surface area contributed by atoms with E-state index < -0.39 is 21.4 Å². The van der Waals surface area contributed by atoms with Gasteiger partial charge < -0.3 is 5.11 Å². The minimum Gasteiger partial charge on any atom is -0.507 e. The third-order valence-corrected chi connectivity index (χ3v) is 3.88. The van der Waals surface area contributed by atoms with Crippen molar-refractivity contribution in [1.82, 2.24) is 0 Å². The third-order valence-electron chi connectivity index (χ3n) is 3.10. The lowest BCUT2D eigenvalue weighted by molar-refractivity contribution is 0.102. The Morgan fingerprint density at radius 3 is 2.65 bits per heavy atom. The van der Waals surface area contributed by atoms with Crippen LogP contribution in [0.15, 0.2) is 47.5 Å². The van der Waals surface area contributed by atoms with Crippen LogP contribution in [-0.2, 0) is 9.84 Å². The summed E-state index contributed by atoms with van der Waals surface area (Å²) < 4.78 is 22.4. The topological polar surface area (TPSA) is 83.8 Å². The van der Waals surface area contributed by atoms with Gasteiger partial charge in [-0.1, -0.05) is 23.8 Å². The maximum Gasteiger partial charge on any atom is 0.177 e. The molecule has 0 aliphatic heterocycles. The lowest BCUT2D eigenvalue weighted by Crippen LogP contribution is -2.14. The van der Waals surface area contributed by atoms with Crippen LogP contribution in [0, 0.1) is 6.92 Å². The number of phenols is 1. The van der Waals surface area contributed by atoms with Crippen molar-refractivity contribution in [2.24, 2.45) is 4.99 Å². The van der Waals surface area contributed by atoms with Gasteiger partial charge >= 0.3 is 0 Å². The minimum absolute atomic E-state index is 0.114. The summed E-state index contributed by atoms with van der Waals surface area (Å²) in [5, 5.41) is 9.77. The molecular weight excluding hydrogens is 314 g/mol. The molecule has 23 heavy (non-hydrogen) atoms. The highest BCUT2D eigenvalue weighted by Gasteiger charge is 2.13. The Hall–Kier alpha value is -2.47. The van der Waals surface area contributed by atoms with Crippen LogP contribution in [-0.4, -0.2) is 37.5 Å². The fourth-order valence-electron chi connectivity index (χ4n) is 2.00. The maximum absolute atomic E-state index is 11.9. The van der Waals surface area contributed by atoms with E-state index in [9.17, 15) is 18.3 Å². The molecule has 0 unspecified atom stereocenters. The van der Waals surface area contributed by atoms with Crippen molar-refractivity contribution < 1.29 is 18.3 Å². The van der Waals surface area contributed by atoms with Gasteiger partial charge in [0.1, 0.15) is 11.5 Å². The highest BCUT2D eigenvalue weighted by molar-refractivity contribution is 7.91. The molecule has 2 aromatic rings. The van der Waals surface area contributed by atoms with Crippen molar-refractivity contribution in [3.8, 4) is 5.75 Å². The van der Waals surface area contributed by atoms with Crippen LogP contribution < -0.4 is 0 Å². The summed E-state index contributed by atoms with van der Waals surface area (Å²) in [6.07, 6.45) is 2.52. The van der Waals surface area contributed by atoms with Crippen molar-refractivity contribution >= 4 is 27.5 Å². The zero-order chi connectivity index (χ0) is 17.0. The van der Waals surface area contributed by atoms with Crippen molar-refractivity contribution in [1.29, 1.82) is 0 Å². The number of hydrogen-bond donors (Lipinski definition) is 1. The SMILES string of the molecule is Cc1ccc(O)c(C=Nc2cccc(C(=O)CS(C)(=O)=O)c2)c1. The number of benzene rings is 2. The number of ketones is 1. The Morgan fingerprint density at radius 2 is 1.96 bits per heavy atom. The van der Waals surface area contributed by atoms with E-state index >= 15 is 0 Å². The molecule has 120 valence electrons. The van der Waals surface area contributed by atoms with E-state index in [-0.39, 0.29) is 5.75 Å². The molecule has 6 heteroatoms. The minimum atomic E-state index is -3.37. The van der Waals surface area contributed by atoms with Crippen molar-refractivity contribution in [3.05, 3.63) is 59.2 Å². The summed E-state index contributed by atoms with van der Waals surface area (Å²) in [7, 11) is -3.37. The number of aryl methyl sites for hydroxylation is 1. The number of aliphatic imine (C=N–C) groups is 1. The second-order valence-electron chi connectivity index (χ2n) is 5.36. The van der Waals surface area contributed by atoms with Crippen LogP contribution in [0.5, 0.6) is 5.75 Å². The van der Waals surface area contributed by atoms with Crippen LogP contribution in [0.1, 0.15) is 21.5 Å².